The Morgan fingerprint density at radius 1 is 0.495 bits per heavy atom. The topological polar surface area (TPSA) is 35.9 Å². The lowest BCUT2D eigenvalue weighted by Crippen LogP contribution is -2.76. The molecular weight excluding hydrogens is 1120 g/mol. The third-order valence-electron chi connectivity index (χ3n) is 15.7. The van der Waals surface area contributed by atoms with E-state index in [1.807, 2.05) is 47.0 Å². The van der Waals surface area contributed by atoms with E-state index in [2.05, 4.69) is 27.1 Å². The Morgan fingerprint density at radius 3 is 1.71 bits per heavy atom. The van der Waals surface area contributed by atoms with Crippen LogP contribution in [0.15, 0.2) is 303 Å². The van der Waals surface area contributed by atoms with Crippen molar-refractivity contribution >= 4 is 61.7 Å². The first kappa shape index (κ1) is 29.1. The molecule has 0 unspecified atom stereocenters. The summed E-state index contributed by atoms with van der Waals surface area (Å²) in [5.41, 5.74) is -9.01. The maximum Gasteiger partial charge on any atom is 0.269 e. The first-order valence-electron chi connectivity index (χ1n) is 46.9. The predicted octanol–water partition coefficient (Wildman–Crippen LogP) is 18.3. The predicted molar refractivity (Wildman–Crippen MR) is 381 cm³/mol. The number of aromatic nitrogens is 4. The molecule has 438 valence electrons. The zero-order chi connectivity index (χ0) is 93.7. The average Bonchev–Trinajstić information content (AvgIpc) is 0.881. The van der Waals surface area contributed by atoms with Gasteiger partial charge in [-0.3, -0.25) is 13.7 Å². The number of benzene rings is 12. The second kappa shape index (κ2) is 23.2. The number of hydrogen-bond acceptors (Lipinski definition) is 2. The van der Waals surface area contributed by atoms with Crippen LogP contribution in [0, 0.1) is 26.9 Å². The highest BCUT2D eigenvalue weighted by Crippen LogP contribution is 2.40. The summed E-state index contributed by atoms with van der Waals surface area (Å²) in [7, 11) is -6.97. The Hall–Kier alpha value is -10.9. The molecule has 0 fully saturated rings. The van der Waals surface area contributed by atoms with Gasteiger partial charge in [-0.1, -0.05) is 244 Å². The summed E-state index contributed by atoms with van der Waals surface area (Å²) in [6, 6.07) is -3.80. The van der Waals surface area contributed by atoms with E-state index < -0.39 is 285 Å². The molecule has 15 rings (SSSR count). The minimum absolute atomic E-state index is 0.0136. The smallest absolute Gasteiger partial charge is 0.269 e. The molecule has 15 aromatic rings. The van der Waals surface area contributed by atoms with Crippen molar-refractivity contribution in [3.63, 3.8) is 0 Å². The zero-order valence-corrected chi connectivity index (χ0v) is 49.4. The third-order valence-corrected chi connectivity index (χ3v) is 19.9. The molecule has 12 aromatic carbocycles. The molecule has 91 heavy (non-hydrogen) atoms. The average molecular weight is 1230 g/mol. The summed E-state index contributed by atoms with van der Waals surface area (Å²) >= 11 is 0. The highest BCUT2D eigenvalue weighted by molar-refractivity contribution is 7.20. The van der Waals surface area contributed by atoms with Crippen LogP contribution in [0.2, 0.25) is 0 Å². The van der Waals surface area contributed by atoms with Crippen molar-refractivity contribution in [2.75, 3.05) is 0 Å². The molecule has 3 aromatic heterocycles. The quantitative estimate of drug-likeness (QED) is 0.0499. The van der Waals surface area contributed by atoms with Gasteiger partial charge in [0.1, 0.15) is 17.3 Å². The van der Waals surface area contributed by atoms with Crippen LogP contribution in [0.25, 0.3) is 94.5 Å². The Bertz CT molecular complexity index is 6900. The number of imidazole rings is 1. The van der Waals surface area contributed by atoms with Crippen LogP contribution in [0.4, 0.5) is 0 Å². The van der Waals surface area contributed by atoms with Crippen LogP contribution in [0.5, 0.6) is 11.5 Å². The molecule has 0 bridgehead atoms. The molecule has 5 nitrogen and oxygen atoms in total. The lowest BCUT2D eigenvalue weighted by molar-refractivity contribution is -0.570. The van der Waals surface area contributed by atoms with Crippen molar-refractivity contribution in [1.29, 1.82) is 0 Å². The van der Waals surface area contributed by atoms with Crippen LogP contribution in [-0.2, 0) is 5.41 Å². The van der Waals surface area contributed by atoms with E-state index in [9.17, 15) is 30.2 Å². The highest BCUT2D eigenvalue weighted by atomic mass is 28.3. The monoisotopic (exact) mass is 1230 g/mol. The SMILES string of the molecule is [2H]c1c([2H])c([2H])c(-c2c([2H])c(-c3cc(C([2H])([2H])[2H])cc([Si](c4c([2H])c([2H])c([2H])c([2H])c4[2H])(c4c([2H])c([2H])c([2H])c([2H])c4[2H])c4c([2H])c([2H])c([2H])c([2H])c4[2H])c3-[n+]3[c-]n(-c4cccc(Oc5ccc6c7ccccc7n(-c7cc(C(C)(C)C)ccn7)c6c5)c4)c4cc(-c5c(C([2H])([2H])[2H])cccc5C([2H])([2H])[2H])ccc43)c([2H])c(-c3c([2H])c([2H])c([2H])c([2H])c3[2H])c2[2H])c([2H])c1[2H]. The number of aryl methyl sites for hydroxylation is 3. The van der Waals surface area contributed by atoms with E-state index in [0.717, 1.165) is 44.6 Å². The maximum atomic E-state index is 10.8. The molecule has 0 N–H and O–H groups in total. The van der Waals surface area contributed by atoms with Gasteiger partial charge in [0, 0.05) is 35.4 Å². The largest absolute Gasteiger partial charge is 0.458 e. The number of ether oxygens (including phenoxy) is 1. The number of para-hydroxylation sites is 1. The van der Waals surface area contributed by atoms with E-state index in [-0.39, 0.29) is 33.7 Å². The molecule has 3 heterocycles. The number of pyridine rings is 1. The Morgan fingerprint density at radius 2 is 1.09 bits per heavy atom. The van der Waals surface area contributed by atoms with Gasteiger partial charge in [0.05, 0.1) is 71.8 Å². The minimum Gasteiger partial charge on any atom is -0.458 e. The number of hydrogen-bond donors (Lipinski definition) is 0. The minimum atomic E-state index is -6.97. The van der Waals surface area contributed by atoms with Gasteiger partial charge >= 0.3 is 0 Å². The number of fused-ring (bicyclic) bond motifs is 4. The van der Waals surface area contributed by atoms with Gasteiger partial charge in [0.2, 0.25) is 0 Å². The number of rotatable bonds is 13. The first-order chi connectivity index (χ1) is 59.7. The molecule has 0 saturated carbocycles. The lowest BCUT2D eigenvalue weighted by atomic mass is 9.88. The molecular formula is C85H68N4OSi. The lowest BCUT2D eigenvalue weighted by Gasteiger charge is -2.37. The fourth-order valence-corrected chi connectivity index (χ4v) is 15.7. The summed E-state index contributed by atoms with van der Waals surface area (Å²) in [4.78, 5) is 4.82. The van der Waals surface area contributed by atoms with Crippen molar-refractivity contribution in [3.05, 3.63) is 331 Å². The molecule has 0 saturated heterocycles. The fraction of sp³-hybridized carbons (Fsp3) is 0.0824. The van der Waals surface area contributed by atoms with E-state index in [1.54, 1.807) is 18.3 Å². The summed E-state index contributed by atoms with van der Waals surface area (Å²) in [6.45, 7) is -3.82. The molecule has 0 aliphatic heterocycles. The van der Waals surface area contributed by atoms with Crippen LogP contribution >= 0.6 is 0 Å². The highest BCUT2D eigenvalue weighted by Gasteiger charge is 2.44. The van der Waals surface area contributed by atoms with Crippen LogP contribution in [0.3, 0.4) is 0 Å². The van der Waals surface area contributed by atoms with Gasteiger partial charge in [-0.25, -0.2) is 4.98 Å². The molecule has 0 spiro atoms. The maximum absolute atomic E-state index is 10.8. The van der Waals surface area contributed by atoms with E-state index in [4.69, 9.17) is 30.3 Å². The van der Waals surface area contributed by atoms with Gasteiger partial charge in [-0.15, -0.1) is 0 Å². The second-order valence-electron chi connectivity index (χ2n) is 22.2. The standard InChI is InChI=1S/C85H68N4OSi/c1-58-48-76(66-51-64(61-28-12-7-13-29-61)50-65(52-66)62-30-14-8-15-31-62)84(81(49-58)91(71-34-16-9-17-35-71,72-36-18-10-19-37-72)73-38-20-11-21-39-73)88-57-87(80-53-63(42-45-78(80)88)83-59(2)26-24-27-60(83)3)68-32-25-33-69(55-68)90-70-43-44-75-74-40-22-23-41-77(74)89(79(75)56-70)82-54-67(46-47-86-82)85(4,5)6/h7-56H,1-6H3/i1D3,2D3,3D3,7D,8D,9D,10D,11D,12D,13D,14D,15D,16D,17D,18D,19D,20D,21D,28D,29D,30D,31D,34D,35D,36D,37D,38D,39D,50D,51D,52D. The third kappa shape index (κ3) is 10.3. The van der Waals surface area contributed by atoms with Gasteiger partial charge in [-0.05, 0) is 181 Å². The Labute approximate surface area is 586 Å². The Kier molecular flexibility index (Phi) is 7.44. The van der Waals surface area contributed by atoms with E-state index in [0.29, 0.717) is 17.4 Å². The molecule has 6 heteroatoms. The summed E-state index contributed by atoms with van der Waals surface area (Å²) in [5, 5.41) is -3.22. The van der Waals surface area contributed by atoms with Gasteiger partial charge < -0.3 is 4.74 Å². The molecule has 0 aliphatic rings. The Balaban J connectivity index is 1.22. The normalized spacial score (nSPS) is 18.0. The summed E-state index contributed by atoms with van der Waals surface area (Å²) in [5.74, 6) is 0.782. The molecule has 0 aliphatic carbocycles. The fourth-order valence-electron chi connectivity index (χ4n) is 11.6. The first-order valence-corrected chi connectivity index (χ1v) is 30.4. The summed E-state index contributed by atoms with van der Waals surface area (Å²) < 4.78 is 364. The molecule has 0 radical (unpaired) electrons. The summed E-state index contributed by atoms with van der Waals surface area (Å²) in [6.07, 6.45) is 4.92. The van der Waals surface area contributed by atoms with Gasteiger partial charge in [0.25, 0.3) is 6.33 Å². The van der Waals surface area contributed by atoms with E-state index >= 15 is 0 Å². The van der Waals surface area contributed by atoms with Gasteiger partial charge in [0.15, 0.2) is 8.07 Å². The number of nitrogens with zero attached hydrogens (tertiary/aromatic N) is 4. The van der Waals surface area contributed by atoms with Crippen molar-refractivity contribution in [1.82, 2.24) is 14.1 Å². The second-order valence-corrected chi connectivity index (χ2v) is 25.7. The van der Waals surface area contributed by atoms with Crippen LogP contribution in [-0.4, -0.2) is 22.2 Å². The zero-order valence-electron chi connectivity index (χ0n) is 85.4. The van der Waals surface area contributed by atoms with Crippen molar-refractivity contribution in [2.24, 2.45) is 0 Å². The van der Waals surface area contributed by atoms with Crippen LogP contribution in [0.1, 0.15) is 93.7 Å². The van der Waals surface area contributed by atoms with Crippen LogP contribution < -0.4 is 30.1 Å². The van der Waals surface area contributed by atoms with Crippen molar-refractivity contribution in [3.8, 4) is 73.2 Å². The van der Waals surface area contributed by atoms with Gasteiger partial charge in [-0.2, -0.15) is 0 Å². The molecule has 0 amide bonds. The van der Waals surface area contributed by atoms with Crippen molar-refractivity contribution < 1.29 is 60.0 Å². The van der Waals surface area contributed by atoms with Crippen molar-refractivity contribution in [2.45, 2.75) is 46.7 Å². The van der Waals surface area contributed by atoms with E-state index in [1.165, 1.54) is 53.1 Å². The molecule has 0 atom stereocenters.